The maximum Gasteiger partial charge on any atom is 0.0178 e. The fourth-order valence-electron chi connectivity index (χ4n) is 2.57. The third-order valence-corrected chi connectivity index (χ3v) is 4.97. The highest BCUT2D eigenvalue weighted by molar-refractivity contribution is 9.10. The van der Waals surface area contributed by atoms with Crippen LogP contribution in [-0.4, -0.2) is 12.6 Å². The van der Waals surface area contributed by atoms with Crippen LogP contribution in [0.1, 0.15) is 29.9 Å². The summed E-state index contributed by atoms with van der Waals surface area (Å²) in [6.07, 6.45) is 3.75. The average Bonchev–Trinajstić information content (AvgIpc) is 3.30. The molecule has 1 aliphatic carbocycles. The van der Waals surface area contributed by atoms with Gasteiger partial charge in [0.15, 0.2) is 0 Å². The molecule has 21 heavy (non-hydrogen) atoms. The lowest BCUT2D eigenvalue weighted by atomic mass is 9.92. The van der Waals surface area contributed by atoms with Crippen LogP contribution in [0, 0.1) is 0 Å². The summed E-state index contributed by atoms with van der Waals surface area (Å²) in [4.78, 5) is 0. The molecule has 0 saturated heterocycles. The molecular weight excluding hydrogens is 390 g/mol. The molecule has 0 amide bonds. The summed E-state index contributed by atoms with van der Waals surface area (Å²) in [5.41, 5.74) is 2.79. The van der Waals surface area contributed by atoms with E-state index in [1.807, 2.05) is 0 Å². The highest BCUT2D eigenvalue weighted by Crippen LogP contribution is 2.26. The van der Waals surface area contributed by atoms with Crippen LogP contribution in [-0.2, 0) is 6.42 Å². The molecule has 1 nitrogen and oxygen atoms in total. The molecule has 3 heteroatoms. The van der Waals surface area contributed by atoms with Gasteiger partial charge in [-0.05, 0) is 54.7 Å². The van der Waals surface area contributed by atoms with E-state index in [9.17, 15) is 0 Å². The van der Waals surface area contributed by atoms with E-state index in [4.69, 9.17) is 0 Å². The third-order valence-electron chi connectivity index (χ3n) is 3.95. The lowest BCUT2D eigenvalue weighted by molar-refractivity contribution is 0.577. The largest absolute Gasteiger partial charge is 0.313 e. The van der Waals surface area contributed by atoms with Gasteiger partial charge in [-0.25, -0.2) is 0 Å². The number of hydrogen-bond donors (Lipinski definition) is 1. The van der Waals surface area contributed by atoms with E-state index in [0.717, 1.165) is 28.0 Å². The van der Waals surface area contributed by atoms with Gasteiger partial charge in [0, 0.05) is 27.4 Å². The monoisotopic (exact) mass is 407 g/mol. The molecule has 1 N–H and O–H groups in total. The number of nitrogens with one attached hydrogen (secondary N) is 1. The zero-order valence-electron chi connectivity index (χ0n) is 11.9. The molecule has 0 aliphatic heterocycles. The van der Waals surface area contributed by atoms with Crippen LogP contribution in [0.2, 0.25) is 0 Å². The van der Waals surface area contributed by atoms with Crippen molar-refractivity contribution in [3.63, 3.8) is 0 Å². The molecule has 1 atom stereocenters. The van der Waals surface area contributed by atoms with Gasteiger partial charge in [-0.2, -0.15) is 0 Å². The third kappa shape index (κ3) is 4.67. The van der Waals surface area contributed by atoms with Crippen LogP contribution < -0.4 is 5.32 Å². The number of rotatable bonds is 6. The first-order valence-electron chi connectivity index (χ1n) is 7.44. The van der Waals surface area contributed by atoms with Gasteiger partial charge in [-0.15, -0.1) is 0 Å². The van der Waals surface area contributed by atoms with Crippen LogP contribution >= 0.6 is 31.9 Å². The molecule has 0 aromatic heterocycles. The fraction of sp³-hybridized carbons (Fsp3) is 0.333. The molecule has 0 radical (unpaired) electrons. The first-order chi connectivity index (χ1) is 10.2. The Morgan fingerprint density at radius 2 is 1.76 bits per heavy atom. The van der Waals surface area contributed by atoms with Crippen molar-refractivity contribution in [2.45, 2.75) is 31.2 Å². The van der Waals surface area contributed by atoms with Crippen molar-refractivity contribution < 1.29 is 0 Å². The van der Waals surface area contributed by atoms with Crippen molar-refractivity contribution >= 4 is 31.9 Å². The van der Waals surface area contributed by atoms with Gasteiger partial charge < -0.3 is 5.32 Å². The Bertz CT molecular complexity index is 590. The molecule has 0 bridgehead atoms. The summed E-state index contributed by atoms with van der Waals surface area (Å²) in [5.74, 6) is 0.518. The lowest BCUT2D eigenvalue weighted by Gasteiger charge is -2.19. The Labute approximate surface area is 143 Å². The van der Waals surface area contributed by atoms with Crippen molar-refractivity contribution in [1.29, 1.82) is 0 Å². The molecule has 2 aromatic carbocycles. The van der Waals surface area contributed by atoms with Crippen LogP contribution in [0.25, 0.3) is 0 Å². The van der Waals surface area contributed by atoms with Gasteiger partial charge in [-0.1, -0.05) is 56.1 Å². The summed E-state index contributed by atoms with van der Waals surface area (Å²) in [6, 6.07) is 18.1. The van der Waals surface area contributed by atoms with Crippen LogP contribution in [0.4, 0.5) is 0 Å². The quantitative estimate of drug-likeness (QED) is 0.684. The predicted molar refractivity (Wildman–Crippen MR) is 95.8 cm³/mol. The number of hydrogen-bond acceptors (Lipinski definition) is 1. The molecule has 1 fully saturated rings. The summed E-state index contributed by atoms with van der Waals surface area (Å²) >= 11 is 7.10. The molecule has 2 aromatic rings. The van der Waals surface area contributed by atoms with Gasteiger partial charge >= 0.3 is 0 Å². The second kappa shape index (κ2) is 7.08. The molecule has 0 heterocycles. The number of halogens is 2. The van der Waals surface area contributed by atoms with E-state index < -0.39 is 0 Å². The first-order valence-corrected chi connectivity index (χ1v) is 9.02. The van der Waals surface area contributed by atoms with Crippen LogP contribution in [0.3, 0.4) is 0 Å². The predicted octanol–water partition coefficient (Wildman–Crippen LogP) is 5.29. The lowest BCUT2D eigenvalue weighted by Crippen LogP contribution is -2.24. The van der Waals surface area contributed by atoms with Crippen molar-refractivity contribution in [3.05, 3.63) is 68.6 Å². The SMILES string of the molecule is Brc1ccc(CC(CNC2CC2)c2cccc(Br)c2)cc1. The number of benzene rings is 2. The van der Waals surface area contributed by atoms with E-state index in [0.29, 0.717) is 5.92 Å². The molecular formula is C18H19Br2N. The second-order valence-corrected chi connectivity index (χ2v) is 7.60. The second-order valence-electron chi connectivity index (χ2n) is 5.77. The maximum absolute atomic E-state index is 3.68. The van der Waals surface area contributed by atoms with Gasteiger partial charge in [-0.3, -0.25) is 0 Å². The van der Waals surface area contributed by atoms with Gasteiger partial charge in [0.1, 0.15) is 0 Å². The van der Waals surface area contributed by atoms with E-state index in [1.54, 1.807) is 0 Å². The van der Waals surface area contributed by atoms with Gasteiger partial charge in [0.2, 0.25) is 0 Å². The zero-order valence-corrected chi connectivity index (χ0v) is 15.0. The van der Waals surface area contributed by atoms with Crippen LogP contribution in [0.5, 0.6) is 0 Å². The maximum atomic E-state index is 3.68. The van der Waals surface area contributed by atoms with Crippen molar-refractivity contribution in [1.82, 2.24) is 5.32 Å². The Kier molecular flexibility index (Phi) is 5.15. The van der Waals surface area contributed by atoms with E-state index >= 15 is 0 Å². The highest BCUT2D eigenvalue weighted by atomic mass is 79.9. The summed E-state index contributed by atoms with van der Waals surface area (Å²) < 4.78 is 2.30. The van der Waals surface area contributed by atoms with Gasteiger partial charge in [0.05, 0.1) is 0 Å². The van der Waals surface area contributed by atoms with Crippen molar-refractivity contribution in [2.75, 3.05) is 6.54 Å². The van der Waals surface area contributed by atoms with Crippen molar-refractivity contribution in [3.8, 4) is 0 Å². The Morgan fingerprint density at radius 3 is 2.43 bits per heavy atom. The minimum Gasteiger partial charge on any atom is -0.313 e. The first kappa shape index (κ1) is 15.3. The fourth-order valence-corrected chi connectivity index (χ4v) is 3.25. The summed E-state index contributed by atoms with van der Waals surface area (Å²) in [7, 11) is 0. The Morgan fingerprint density at radius 1 is 1.00 bits per heavy atom. The summed E-state index contributed by atoms with van der Waals surface area (Å²) in [6.45, 7) is 1.05. The molecule has 1 unspecified atom stereocenters. The summed E-state index contributed by atoms with van der Waals surface area (Å²) in [5, 5.41) is 3.68. The Hall–Kier alpha value is -0.640. The van der Waals surface area contributed by atoms with E-state index in [2.05, 4.69) is 85.7 Å². The minimum absolute atomic E-state index is 0.518. The molecule has 1 saturated carbocycles. The van der Waals surface area contributed by atoms with Gasteiger partial charge in [0.25, 0.3) is 0 Å². The zero-order chi connectivity index (χ0) is 14.7. The highest BCUT2D eigenvalue weighted by Gasteiger charge is 2.22. The molecule has 0 spiro atoms. The smallest absolute Gasteiger partial charge is 0.0178 e. The molecule has 110 valence electrons. The molecule has 3 rings (SSSR count). The average molecular weight is 409 g/mol. The van der Waals surface area contributed by atoms with E-state index in [-0.39, 0.29) is 0 Å². The van der Waals surface area contributed by atoms with E-state index in [1.165, 1.54) is 24.0 Å². The topological polar surface area (TPSA) is 12.0 Å². The van der Waals surface area contributed by atoms with Crippen molar-refractivity contribution in [2.24, 2.45) is 0 Å². The minimum atomic E-state index is 0.518. The van der Waals surface area contributed by atoms with Crippen LogP contribution in [0.15, 0.2) is 57.5 Å². The normalized spacial score (nSPS) is 15.9. The Balaban J connectivity index is 1.75. The standard InChI is InChI=1S/C18H19Br2N/c19-16-6-4-13(5-7-16)10-15(12-21-18-8-9-18)14-2-1-3-17(20)11-14/h1-7,11,15,18,21H,8-10,12H2. The molecule has 1 aliphatic rings.